The Kier molecular flexibility index (Phi) is 7.06. The molecule has 0 unspecified atom stereocenters. The molecular weight excluding hydrogens is 713 g/mol. The van der Waals surface area contributed by atoms with Crippen LogP contribution >= 0.6 is 0 Å². The number of allylic oxidation sites excluding steroid dienone is 3. The number of fused-ring (bicyclic) bond motifs is 12. The maximum absolute atomic E-state index is 2.50. The molecule has 2 nitrogen and oxygen atoms in total. The second kappa shape index (κ2) is 12.7. The average molecular weight is 753 g/mol. The summed E-state index contributed by atoms with van der Waals surface area (Å²) in [6.07, 6.45) is 18.9. The SMILES string of the molecule is C1=Cc2c(n(-c3cccc4c3Cc3ccc(-c5ccc6c(c5)-c5cccc(-c7cccc(-n8c9c(c%10ccccc%108)CCC=C9)c7)c5C6)cc3-4)c3ccccc23)C=CC1. The second-order valence-electron chi connectivity index (χ2n) is 16.6. The summed E-state index contributed by atoms with van der Waals surface area (Å²) in [6, 6.07) is 55.1. The summed E-state index contributed by atoms with van der Waals surface area (Å²) >= 11 is 0. The van der Waals surface area contributed by atoms with Crippen molar-refractivity contribution < 1.29 is 0 Å². The van der Waals surface area contributed by atoms with Gasteiger partial charge in [0.1, 0.15) is 0 Å². The second-order valence-corrected chi connectivity index (χ2v) is 16.6. The van der Waals surface area contributed by atoms with Gasteiger partial charge in [-0.3, -0.25) is 0 Å². The molecule has 2 aromatic heterocycles. The molecule has 0 amide bonds. The highest BCUT2D eigenvalue weighted by molar-refractivity contribution is 5.97. The standard InChI is InChI=1S/C57H40N2/c1-2-15-47-48-18-6-9-25-56(48)59(55(47)22-3-1)57-26-12-21-44-50-33-37(28-30-40(50)35-52(44)57)36-27-29-39-34-51-42(19-11-20-43(51)49(39)32-36)38-13-10-14-41(31-38)58-53-23-7-4-16-45(53)46-17-5-8-24-54(46)58/h2-4,6-16,18-33H,1,5,17,34-35H2. The molecule has 0 aliphatic heterocycles. The summed E-state index contributed by atoms with van der Waals surface area (Å²) in [5.74, 6) is 0. The topological polar surface area (TPSA) is 9.86 Å². The van der Waals surface area contributed by atoms with E-state index in [-0.39, 0.29) is 0 Å². The van der Waals surface area contributed by atoms with Gasteiger partial charge in [-0.05, 0) is 153 Å². The quantitative estimate of drug-likeness (QED) is 0.169. The van der Waals surface area contributed by atoms with Gasteiger partial charge in [0.2, 0.25) is 0 Å². The molecule has 0 atom stereocenters. The van der Waals surface area contributed by atoms with E-state index in [4.69, 9.17) is 0 Å². The minimum Gasteiger partial charge on any atom is -0.310 e. The lowest BCUT2D eigenvalue weighted by molar-refractivity contribution is 0.968. The van der Waals surface area contributed by atoms with Crippen molar-refractivity contribution in [1.82, 2.24) is 9.13 Å². The minimum atomic E-state index is 0.934. The van der Waals surface area contributed by atoms with Crippen LogP contribution in [0.5, 0.6) is 0 Å². The molecule has 59 heavy (non-hydrogen) atoms. The van der Waals surface area contributed by atoms with Crippen LogP contribution in [0.4, 0.5) is 0 Å². The third-order valence-corrected chi connectivity index (χ3v) is 13.5. The van der Waals surface area contributed by atoms with Crippen LogP contribution in [-0.4, -0.2) is 9.13 Å². The summed E-state index contributed by atoms with van der Waals surface area (Å²) < 4.78 is 4.97. The van der Waals surface area contributed by atoms with Crippen LogP contribution in [0.3, 0.4) is 0 Å². The number of hydrogen-bond acceptors (Lipinski definition) is 0. The van der Waals surface area contributed by atoms with Gasteiger partial charge in [-0.2, -0.15) is 0 Å². The van der Waals surface area contributed by atoms with Gasteiger partial charge in [0.15, 0.2) is 0 Å². The lowest BCUT2D eigenvalue weighted by Crippen LogP contribution is -2.01. The fraction of sp³-hybridized carbons (Fsp3) is 0.0877. The third-order valence-electron chi connectivity index (χ3n) is 13.5. The highest BCUT2D eigenvalue weighted by Crippen LogP contribution is 2.47. The fourth-order valence-electron chi connectivity index (χ4n) is 10.8. The van der Waals surface area contributed by atoms with E-state index in [1.54, 1.807) is 0 Å². The lowest BCUT2D eigenvalue weighted by atomic mass is 9.94. The van der Waals surface area contributed by atoms with E-state index in [0.717, 1.165) is 32.1 Å². The number of benzene rings is 7. The van der Waals surface area contributed by atoms with Crippen molar-refractivity contribution in [2.75, 3.05) is 0 Å². The van der Waals surface area contributed by atoms with Gasteiger partial charge < -0.3 is 9.13 Å². The summed E-state index contributed by atoms with van der Waals surface area (Å²) in [4.78, 5) is 0. The zero-order valence-corrected chi connectivity index (χ0v) is 32.8. The molecule has 9 aromatic rings. The van der Waals surface area contributed by atoms with Gasteiger partial charge >= 0.3 is 0 Å². The molecule has 0 fully saturated rings. The first-order valence-electron chi connectivity index (χ1n) is 21.1. The largest absolute Gasteiger partial charge is 0.310 e. The van der Waals surface area contributed by atoms with Crippen LogP contribution in [0.15, 0.2) is 164 Å². The van der Waals surface area contributed by atoms with Crippen molar-refractivity contribution in [3.63, 3.8) is 0 Å². The number of hydrogen-bond donors (Lipinski definition) is 0. The third kappa shape index (κ3) is 4.87. The Morgan fingerprint density at radius 1 is 0.407 bits per heavy atom. The zero-order valence-electron chi connectivity index (χ0n) is 32.8. The zero-order chi connectivity index (χ0) is 38.6. The lowest BCUT2D eigenvalue weighted by Gasteiger charge is -2.15. The van der Waals surface area contributed by atoms with Crippen LogP contribution in [0.25, 0.3) is 95.9 Å². The predicted molar refractivity (Wildman–Crippen MR) is 248 cm³/mol. The monoisotopic (exact) mass is 752 g/mol. The van der Waals surface area contributed by atoms with E-state index in [9.17, 15) is 0 Å². The molecule has 2 heterocycles. The molecule has 2 heteroatoms. The molecule has 278 valence electrons. The summed E-state index contributed by atoms with van der Waals surface area (Å²) in [6.45, 7) is 0. The molecule has 0 N–H and O–H groups in total. The van der Waals surface area contributed by atoms with Gasteiger partial charge in [0.25, 0.3) is 0 Å². The van der Waals surface area contributed by atoms with Crippen molar-refractivity contribution >= 4 is 40.0 Å². The van der Waals surface area contributed by atoms with Crippen molar-refractivity contribution in [3.8, 4) is 55.9 Å². The number of nitrogens with zero attached hydrogens (tertiary/aromatic N) is 2. The van der Waals surface area contributed by atoms with E-state index in [1.165, 1.54) is 122 Å². The van der Waals surface area contributed by atoms with Gasteiger partial charge in [0.05, 0.1) is 22.4 Å². The number of rotatable bonds is 4. The minimum absolute atomic E-state index is 0.934. The van der Waals surface area contributed by atoms with E-state index in [2.05, 4.69) is 191 Å². The Morgan fingerprint density at radius 3 is 1.90 bits per heavy atom. The Labute approximate surface area is 344 Å². The highest BCUT2D eigenvalue weighted by Gasteiger charge is 2.27. The maximum atomic E-state index is 2.50. The summed E-state index contributed by atoms with van der Waals surface area (Å²) in [7, 11) is 0. The smallest absolute Gasteiger partial charge is 0.0541 e. The molecule has 0 bridgehead atoms. The molecule has 13 rings (SSSR count). The first-order chi connectivity index (χ1) is 29.3. The van der Waals surface area contributed by atoms with E-state index in [1.807, 2.05) is 0 Å². The van der Waals surface area contributed by atoms with Crippen LogP contribution < -0.4 is 0 Å². The van der Waals surface area contributed by atoms with Crippen molar-refractivity contribution in [2.45, 2.75) is 32.1 Å². The molecule has 4 aliphatic rings. The Balaban J connectivity index is 0.871. The van der Waals surface area contributed by atoms with Crippen LogP contribution in [0, 0.1) is 0 Å². The highest BCUT2D eigenvalue weighted by atomic mass is 15.0. The molecule has 0 radical (unpaired) electrons. The Hall–Kier alpha value is -7.16. The van der Waals surface area contributed by atoms with E-state index >= 15 is 0 Å². The molecule has 4 aliphatic carbocycles. The molecular formula is C57H40N2. The molecule has 0 saturated heterocycles. The van der Waals surface area contributed by atoms with E-state index < -0.39 is 0 Å². The van der Waals surface area contributed by atoms with Crippen LogP contribution in [0.1, 0.15) is 57.6 Å². The summed E-state index contributed by atoms with van der Waals surface area (Å²) in [5.41, 5.74) is 26.6. The van der Waals surface area contributed by atoms with Gasteiger partial charge in [-0.25, -0.2) is 0 Å². The number of para-hydroxylation sites is 2. The van der Waals surface area contributed by atoms with Crippen molar-refractivity contribution in [2.24, 2.45) is 0 Å². The predicted octanol–water partition coefficient (Wildman–Crippen LogP) is 14.4. The normalized spacial score (nSPS) is 14.2. The van der Waals surface area contributed by atoms with Gasteiger partial charge in [0, 0.05) is 34.1 Å². The summed E-state index contributed by atoms with van der Waals surface area (Å²) in [5, 5.41) is 2.68. The van der Waals surface area contributed by atoms with Gasteiger partial charge in [-0.1, -0.05) is 127 Å². The van der Waals surface area contributed by atoms with E-state index in [0.29, 0.717) is 0 Å². The number of aryl methyl sites for hydroxylation is 1. The first-order valence-corrected chi connectivity index (χ1v) is 21.1. The first kappa shape index (κ1) is 32.9. The Morgan fingerprint density at radius 2 is 1.07 bits per heavy atom. The van der Waals surface area contributed by atoms with Gasteiger partial charge in [-0.15, -0.1) is 0 Å². The maximum Gasteiger partial charge on any atom is 0.0541 e. The molecule has 7 aromatic carbocycles. The molecule has 0 saturated carbocycles. The van der Waals surface area contributed by atoms with Crippen LogP contribution in [-0.2, 0) is 19.3 Å². The molecule has 0 spiro atoms. The van der Waals surface area contributed by atoms with Crippen molar-refractivity contribution in [3.05, 3.63) is 209 Å². The average Bonchev–Trinajstić information content (AvgIpc) is 3.99. The fourth-order valence-corrected chi connectivity index (χ4v) is 10.8. The van der Waals surface area contributed by atoms with Crippen molar-refractivity contribution in [1.29, 1.82) is 0 Å². The Bertz CT molecular complexity index is 3360. The van der Waals surface area contributed by atoms with Crippen LogP contribution in [0.2, 0.25) is 0 Å². The number of aromatic nitrogens is 2.